The smallest absolute Gasteiger partial charge is 0.0622 e. The molecule has 17 heavy (non-hydrogen) atoms. The molecule has 0 aromatic carbocycles. The number of hydrogen-bond donors (Lipinski definition) is 1. The van der Waals surface area contributed by atoms with Gasteiger partial charge in [-0.15, -0.1) is 0 Å². The second kappa shape index (κ2) is 6.17. The van der Waals surface area contributed by atoms with Crippen molar-refractivity contribution < 1.29 is 4.74 Å². The molecule has 0 spiro atoms. The van der Waals surface area contributed by atoms with Gasteiger partial charge < -0.3 is 10.1 Å². The van der Waals surface area contributed by atoms with E-state index in [1.807, 2.05) is 0 Å². The van der Waals surface area contributed by atoms with Crippen molar-refractivity contribution in [3.05, 3.63) is 0 Å². The summed E-state index contributed by atoms with van der Waals surface area (Å²) in [5, 5.41) is 3.71. The lowest BCUT2D eigenvalue weighted by Crippen LogP contribution is -2.46. The Labute approximate surface area is 106 Å². The Balaban J connectivity index is 1.95. The molecule has 3 unspecified atom stereocenters. The van der Waals surface area contributed by atoms with Crippen molar-refractivity contribution >= 4 is 0 Å². The van der Waals surface area contributed by atoms with Gasteiger partial charge in [0.1, 0.15) is 0 Å². The summed E-state index contributed by atoms with van der Waals surface area (Å²) in [6, 6.07) is 2.03. The molecule has 2 aliphatic rings. The van der Waals surface area contributed by atoms with Crippen LogP contribution in [0.25, 0.3) is 0 Å². The SMILES string of the molecule is CC(C)CC1CN(C2CCOC2)C(C)CCN1. The van der Waals surface area contributed by atoms with Gasteiger partial charge in [-0.1, -0.05) is 13.8 Å². The van der Waals surface area contributed by atoms with E-state index in [-0.39, 0.29) is 0 Å². The Morgan fingerprint density at radius 1 is 1.35 bits per heavy atom. The molecule has 3 atom stereocenters. The molecule has 2 rings (SSSR count). The van der Waals surface area contributed by atoms with Crippen LogP contribution in [0.1, 0.15) is 40.0 Å². The Morgan fingerprint density at radius 2 is 2.18 bits per heavy atom. The highest BCUT2D eigenvalue weighted by Gasteiger charge is 2.30. The first kappa shape index (κ1) is 13.3. The second-order valence-corrected chi connectivity index (χ2v) is 6.13. The molecule has 3 nitrogen and oxygen atoms in total. The molecule has 2 fully saturated rings. The average molecular weight is 240 g/mol. The fourth-order valence-electron chi connectivity index (χ4n) is 3.18. The zero-order valence-corrected chi connectivity index (χ0v) is 11.6. The summed E-state index contributed by atoms with van der Waals surface area (Å²) >= 11 is 0. The Bertz CT molecular complexity index is 226. The van der Waals surface area contributed by atoms with E-state index in [0.29, 0.717) is 18.1 Å². The highest BCUT2D eigenvalue weighted by molar-refractivity contribution is 4.87. The third kappa shape index (κ3) is 3.67. The normalized spacial score (nSPS) is 36.4. The molecule has 0 saturated carbocycles. The summed E-state index contributed by atoms with van der Waals surface area (Å²) in [5.74, 6) is 0.780. The highest BCUT2D eigenvalue weighted by Crippen LogP contribution is 2.21. The van der Waals surface area contributed by atoms with Crippen molar-refractivity contribution in [3.8, 4) is 0 Å². The van der Waals surface area contributed by atoms with Crippen molar-refractivity contribution in [2.24, 2.45) is 5.92 Å². The van der Waals surface area contributed by atoms with Gasteiger partial charge in [-0.2, -0.15) is 0 Å². The second-order valence-electron chi connectivity index (χ2n) is 6.13. The van der Waals surface area contributed by atoms with Crippen LogP contribution >= 0.6 is 0 Å². The number of rotatable bonds is 3. The van der Waals surface area contributed by atoms with Crippen LogP contribution < -0.4 is 5.32 Å². The molecule has 100 valence electrons. The van der Waals surface area contributed by atoms with Crippen molar-refractivity contribution in [3.63, 3.8) is 0 Å². The van der Waals surface area contributed by atoms with Gasteiger partial charge in [-0.05, 0) is 38.6 Å². The molecule has 0 amide bonds. The molecule has 0 bridgehead atoms. The maximum atomic E-state index is 5.55. The van der Waals surface area contributed by atoms with Crippen molar-refractivity contribution in [1.29, 1.82) is 0 Å². The van der Waals surface area contributed by atoms with Crippen LogP contribution in [-0.4, -0.2) is 49.3 Å². The molecular weight excluding hydrogens is 212 g/mol. The highest BCUT2D eigenvalue weighted by atomic mass is 16.5. The maximum absolute atomic E-state index is 5.55. The third-order valence-electron chi connectivity index (χ3n) is 4.12. The third-order valence-corrected chi connectivity index (χ3v) is 4.12. The number of nitrogens with one attached hydrogen (secondary N) is 1. The first-order valence-corrected chi connectivity index (χ1v) is 7.23. The first-order chi connectivity index (χ1) is 8.16. The van der Waals surface area contributed by atoms with Crippen LogP contribution in [0.4, 0.5) is 0 Å². The standard InChI is InChI=1S/C14H28N2O/c1-11(2)8-13-9-16(12(3)4-6-15-13)14-5-7-17-10-14/h11-15H,4-10H2,1-3H3. The van der Waals surface area contributed by atoms with Gasteiger partial charge in [0.15, 0.2) is 0 Å². The summed E-state index contributed by atoms with van der Waals surface area (Å²) in [6.45, 7) is 11.3. The van der Waals surface area contributed by atoms with Gasteiger partial charge in [-0.25, -0.2) is 0 Å². The lowest BCUT2D eigenvalue weighted by molar-refractivity contribution is 0.110. The molecule has 2 heterocycles. The van der Waals surface area contributed by atoms with Crippen LogP contribution in [0.15, 0.2) is 0 Å². The van der Waals surface area contributed by atoms with E-state index < -0.39 is 0 Å². The molecule has 0 aromatic heterocycles. The summed E-state index contributed by atoms with van der Waals surface area (Å²) in [4.78, 5) is 2.69. The quantitative estimate of drug-likeness (QED) is 0.815. The van der Waals surface area contributed by atoms with Gasteiger partial charge in [-0.3, -0.25) is 4.90 Å². The van der Waals surface area contributed by atoms with E-state index in [1.165, 1.54) is 32.4 Å². The van der Waals surface area contributed by atoms with Crippen molar-refractivity contribution in [2.45, 2.75) is 58.2 Å². The van der Waals surface area contributed by atoms with E-state index in [1.54, 1.807) is 0 Å². The molecule has 2 aliphatic heterocycles. The van der Waals surface area contributed by atoms with Gasteiger partial charge in [0.05, 0.1) is 6.61 Å². The van der Waals surface area contributed by atoms with Crippen LogP contribution in [-0.2, 0) is 4.74 Å². The predicted molar refractivity (Wildman–Crippen MR) is 71.3 cm³/mol. The molecule has 0 aliphatic carbocycles. The molecule has 3 heteroatoms. The maximum Gasteiger partial charge on any atom is 0.0622 e. The van der Waals surface area contributed by atoms with Gasteiger partial charge in [0, 0.05) is 31.3 Å². The minimum absolute atomic E-state index is 0.666. The predicted octanol–water partition coefficient (Wildman–Crippen LogP) is 1.87. The largest absolute Gasteiger partial charge is 0.380 e. The fraction of sp³-hybridized carbons (Fsp3) is 1.00. The lowest BCUT2D eigenvalue weighted by Gasteiger charge is -2.34. The van der Waals surface area contributed by atoms with Gasteiger partial charge in [0.25, 0.3) is 0 Å². The zero-order chi connectivity index (χ0) is 12.3. The van der Waals surface area contributed by atoms with E-state index >= 15 is 0 Å². The number of hydrogen-bond acceptors (Lipinski definition) is 3. The summed E-state index contributed by atoms with van der Waals surface area (Å²) in [5.41, 5.74) is 0. The molecule has 2 saturated heterocycles. The molecule has 0 radical (unpaired) electrons. The van der Waals surface area contributed by atoms with Crippen LogP contribution in [0.3, 0.4) is 0 Å². The van der Waals surface area contributed by atoms with Crippen LogP contribution in [0.2, 0.25) is 0 Å². The minimum atomic E-state index is 0.666. The van der Waals surface area contributed by atoms with E-state index in [2.05, 4.69) is 31.0 Å². The zero-order valence-electron chi connectivity index (χ0n) is 11.6. The Kier molecular flexibility index (Phi) is 4.83. The van der Waals surface area contributed by atoms with Gasteiger partial charge >= 0.3 is 0 Å². The minimum Gasteiger partial charge on any atom is -0.380 e. The summed E-state index contributed by atoms with van der Waals surface area (Å²) in [7, 11) is 0. The number of ether oxygens (including phenoxy) is 1. The van der Waals surface area contributed by atoms with Crippen LogP contribution in [0.5, 0.6) is 0 Å². The average Bonchev–Trinajstić information content (AvgIpc) is 2.71. The Morgan fingerprint density at radius 3 is 2.82 bits per heavy atom. The topological polar surface area (TPSA) is 24.5 Å². The Hall–Kier alpha value is -0.120. The lowest BCUT2D eigenvalue weighted by atomic mass is 10.0. The van der Waals surface area contributed by atoms with Gasteiger partial charge in [0.2, 0.25) is 0 Å². The van der Waals surface area contributed by atoms with E-state index in [4.69, 9.17) is 4.74 Å². The van der Waals surface area contributed by atoms with E-state index in [9.17, 15) is 0 Å². The van der Waals surface area contributed by atoms with Crippen molar-refractivity contribution in [1.82, 2.24) is 10.2 Å². The van der Waals surface area contributed by atoms with E-state index in [0.717, 1.165) is 19.1 Å². The van der Waals surface area contributed by atoms with Crippen LogP contribution in [0, 0.1) is 5.92 Å². The van der Waals surface area contributed by atoms with Crippen molar-refractivity contribution in [2.75, 3.05) is 26.3 Å². The first-order valence-electron chi connectivity index (χ1n) is 7.23. The summed E-state index contributed by atoms with van der Waals surface area (Å²) in [6.07, 6.45) is 3.78. The summed E-state index contributed by atoms with van der Waals surface area (Å²) < 4.78 is 5.55. The monoisotopic (exact) mass is 240 g/mol. The fourth-order valence-corrected chi connectivity index (χ4v) is 3.18. The molecule has 0 aromatic rings. The molecule has 1 N–H and O–H groups in total. The molecular formula is C14H28N2O. The number of nitrogens with zero attached hydrogens (tertiary/aromatic N) is 1.